The van der Waals surface area contributed by atoms with E-state index in [0.717, 1.165) is 27.5 Å². The Morgan fingerprint density at radius 3 is 1.76 bits per heavy atom. The highest BCUT2D eigenvalue weighted by molar-refractivity contribution is 6.09. The molecule has 1 aromatic heterocycles. The van der Waals surface area contributed by atoms with E-state index in [-0.39, 0.29) is 0 Å². The summed E-state index contributed by atoms with van der Waals surface area (Å²) in [7, 11) is 0. The molecule has 1 atom stereocenters. The van der Waals surface area contributed by atoms with Crippen molar-refractivity contribution in [2.75, 3.05) is 0 Å². The number of hydrogen-bond acceptors (Lipinski definition) is 1. The molecule has 0 saturated heterocycles. The maximum atomic E-state index is 6.26. The van der Waals surface area contributed by atoms with E-state index in [4.69, 9.17) is 4.42 Å². The van der Waals surface area contributed by atoms with E-state index in [1.165, 1.54) is 38.6 Å². The number of benzene rings is 6. The van der Waals surface area contributed by atoms with Crippen LogP contribution in [0.4, 0.5) is 0 Å². The number of para-hydroxylation sites is 2. The van der Waals surface area contributed by atoms with Crippen LogP contribution in [0.1, 0.15) is 24.0 Å². The van der Waals surface area contributed by atoms with Crippen molar-refractivity contribution in [2.45, 2.75) is 12.8 Å². The molecular weight excluding hydrogens is 448 g/mol. The second-order valence-electron chi connectivity index (χ2n) is 9.77. The van der Waals surface area contributed by atoms with Crippen molar-refractivity contribution in [2.24, 2.45) is 0 Å². The molecule has 1 heteroatoms. The van der Waals surface area contributed by atoms with Gasteiger partial charge in [-0.25, -0.2) is 0 Å². The van der Waals surface area contributed by atoms with Crippen LogP contribution in [-0.2, 0) is 0 Å². The number of fused-ring (bicyclic) bond motifs is 4. The van der Waals surface area contributed by atoms with E-state index in [1.807, 2.05) is 12.1 Å². The van der Waals surface area contributed by atoms with Crippen LogP contribution in [0.2, 0.25) is 0 Å². The van der Waals surface area contributed by atoms with Crippen LogP contribution >= 0.6 is 0 Å². The molecule has 0 N–H and O–H groups in total. The van der Waals surface area contributed by atoms with Gasteiger partial charge >= 0.3 is 0 Å². The van der Waals surface area contributed by atoms with Gasteiger partial charge in [0.2, 0.25) is 0 Å². The molecule has 0 fully saturated rings. The lowest BCUT2D eigenvalue weighted by atomic mass is 9.90. The van der Waals surface area contributed by atoms with Gasteiger partial charge in [0.25, 0.3) is 0 Å². The Labute approximate surface area is 216 Å². The molecule has 1 heterocycles. The maximum Gasteiger partial charge on any atom is 0.143 e. The van der Waals surface area contributed by atoms with Gasteiger partial charge in [-0.3, -0.25) is 0 Å². The van der Waals surface area contributed by atoms with Gasteiger partial charge in [-0.1, -0.05) is 134 Å². The molecule has 0 amide bonds. The highest BCUT2D eigenvalue weighted by Crippen LogP contribution is 2.37. The summed E-state index contributed by atoms with van der Waals surface area (Å²) in [4.78, 5) is 0. The molecule has 0 aliphatic rings. The first kappa shape index (κ1) is 21.6. The molecule has 1 nitrogen and oxygen atoms in total. The molecule has 0 aliphatic carbocycles. The van der Waals surface area contributed by atoms with Gasteiger partial charge in [-0.2, -0.15) is 0 Å². The normalized spacial score (nSPS) is 12.4. The number of rotatable bonds is 4. The lowest BCUT2D eigenvalue weighted by molar-refractivity contribution is 0.670. The monoisotopic (exact) mass is 474 g/mol. The van der Waals surface area contributed by atoms with Gasteiger partial charge < -0.3 is 4.42 Å². The summed E-state index contributed by atoms with van der Waals surface area (Å²) >= 11 is 0. The highest BCUT2D eigenvalue weighted by Gasteiger charge is 2.14. The molecule has 6 aromatic carbocycles. The van der Waals surface area contributed by atoms with Crippen LogP contribution in [0.5, 0.6) is 0 Å². The average molecular weight is 475 g/mol. The van der Waals surface area contributed by atoms with Gasteiger partial charge in [0, 0.05) is 22.3 Å². The Balaban J connectivity index is 1.19. The smallest absolute Gasteiger partial charge is 0.143 e. The highest BCUT2D eigenvalue weighted by atomic mass is 16.3. The fourth-order valence-electron chi connectivity index (χ4n) is 5.55. The second-order valence-corrected chi connectivity index (χ2v) is 9.77. The molecular formula is C36H26O. The zero-order valence-corrected chi connectivity index (χ0v) is 20.7. The van der Waals surface area contributed by atoms with Crippen LogP contribution in [-0.4, -0.2) is 0 Å². The molecule has 7 rings (SSSR count). The third-order valence-corrected chi connectivity index (χ3v) is 7.64. The summed E-state index contributed by atoms with van der Waals surface area (Å²) in [5, 5.41) is 4.89. The Bertz CT molecular complexity index is 1870. The molecule has 1 unspecified atom stereocenters. The first-order valence-corrected chi connectivity index (χ1v) is 12.8. The maximum absolute atomic E-state index is 6.26. The lowest BCUT2D eigenvalue weighted by Gasteiger charge is -2.15. The Hall–Kier alpha value is -4.62. The molecule has 0 bridgehead atoms. The fourth-order valence-corrected chi connectivity index (χ4v) is 5.55. The molecule has 0 aliphatic heterocycles. The largest absolute Gasteiger partial charge is 0.455 e. The zero-order valence-electron chi connectivity index (χ0n) is 20.7. The van der Waals surface area contributed by atoms with Gasteiger partial charge in [0.15, 0.2) is 0 Å². The molecule has 0 saturated carbocycles. The Kier molecular flexibility index (Phi) is 5.15. The predicted octanol–water partition coefficient (Wildman–Crippen LogP) is 10.2. The van der Waals surface area contributed by atoms with E-state index < -0.39 is 0 Å². The van der Waals surface area contributed by atoms with Crippen molar-refractivity contribution in [3.8, 4) is 22.3 Å². The van der Waals surface area contributed by atoms with Crippen molar-refractivity contribution in [1.29, 1.82) is 0 Å². The van der Waals surface area contributed by atoms with Crippen molar-refractivity contribution in [1.82, 2.24) is 0 Å². The first-order chi connectivity index (χ1) is 18.3. The summed E-state index contributed by atoms with van der Waals surface area (Å²) in [6, 6.07) is 47.8. The molecule has 0 radical (unpaired) electrons. The molecule has 176 valence electrons. The van der Waals surface area contributed by atoms with E-state index >= 15 is 0 Å². The minimum Gasteiger partial charge on any atom is -0.455 e. The van der Waals surface area contributed by atoms with E-state index in [1.54, 1.807) is 0 Å². The molecule has 7 aromatic rings. The molecule has 37 heavy (non-hydrogen) atoms. The summed E-state index contributed by atoms with van der Waals surface area (Å²) in [6.45, 7) is 2.28. The quantitative estimate of drug-likeness (QED) is 0.247. The summed E-state index contributed by atoms with van der Waals surface area (Å²) < 4.78 is 6.26. The van der Waals surface area contributed by atoms with Crippen LogP contribution in [0.15, 0.2) is 138 Å². The molecule has 0 spiro atoms. The van der Waals surface area contributed by atoms with Gasteiger partial charge in [0.05, 0.1) is 0 Å². The minimum atomic E-state index is 0.303. The Morgan fingerprint density at radius 1 is 0.459 bits per heavy atom. The van der Waals surface area contributed by atoms with Gasteiger partial charge in [-0.15, -0.1) is 0 Å². The zero-order chi connectivity index (χ0) is 24.8. The van der Waals surface area contributed by atoms with E-state index in [9.17, 15) is 0 Å². The summed E-state index contributed by atoms with van der Waals surface area (Å²) in [6.07, 6.45) is 0. The van der Waals surface area contributed by atoms with E-state index in [0.29, 0.717) is 5.92 Å². The fraction of sp³-hybridized carbons (Fsp3) is 0.0556. The van der Waals surface area contributed by atoms with Crippen molar-refractivity contribution in [3.05, 3.63) is 145 Å². The van der Waals surface area contributed by atoms with Crippen LogP contribution in [0.3, 0.4) is 0 Å². The summed E-state index contributed by atoms with van der Waals surface area (Å²) in [5.74, 6) is 0.303. The summed E-state index contributed by atoms with van der Waals surface area (Å²) in [5.41, 5.74) is 9.34. The van der Waals surface area contributed by atoms with Crippen LogP contribution in [0, 0.1) is 0 Å². The van der Waals surface area contributed by atoms with E-state index in [2.05, 4.69) is 128 Å². The first-order valence-electron chi connectivity index (χ1n) is 12.8. The topological polar surface area (TPSA) is 13.1 Å². The SMILES string of the molecule is CC(c1ccc(-c2cccc3ccccc23)cc1)c1ccc(-c2cccc3c2oc2ccccc23)cc1. The predicted molar refractivity (Wildman–Crippen MR) is 156 cm³/mol. The lowest BCUT2D eigenvalue weighted by Crippen LogP contribution is -1.96. The second kappa shape index (κ2) is 8.80. The van der Waals surface area contributed by atoms with Crippen LogP contribution in [0.25, 0.3) is 55.0 Å². The van der Waals surface area contributed by atoms with Gasteiger partial charge in [0.1, 0.15) is 11.2 Å². The minimum absolute atomic E-state index is 0.303. The Morgan fingerprint density at radius 2 is 1.00 bits per heavy atom. The number of furan rings is 1. The van der Waals surface area contributed by atoms with Gasteiger partial charge in [-0.05, 0) is 44.7 Å². The van der Waals surface area contributed by atoms with Crippen molar-refractivity contribution >= 4 is 32.7 Å². The standard InChI is InChI=1S/C36H26O/c1-24(25-16-20-28(21-17-25)31-12-6-9-27-8-2-3-10-30(27)31)26-18-22-29(23-19-26)32-13-7-14-34-33-11-4-5-15-35(33)37-36(32)34/h2-24H,1H3. The van der Waals surface area contributed by atoms with Crippen LogP contribution < -0.4 is 0 Å². The average Bonchev–Trinajstić information content (AvgIpc) is 3.36. The van der Waals surface area contributed by atoms with Crippen molar-refractivity contribution in [3.63, 3.8) is 0 Å². The third-order valence-electron chi connectivity index (χ3n) is 7.64. The van der Waals surface area contributed by atoms with Crippen molar-refractivity contribution < 1.29 is 4.42 Å². The number of hydrogen-bond donors (Lipinski definition) is 0. The third kappa shape index (κ3) is 3.72.